The number of amides is 1. The van der Waals surface area contributed by atoms with Gasteiger partial charge in [-0.25, -0.2) is 17.5 Å². The van der Waals surface area contributed by atoms with Gasteiger partial charge in [0.2, 0.25) is 0 Å². The van der Waals surface area contributed by atoms with Gasteiger partial charge in [-0.2, -0.15) is 0 Å². The average molecular weight is 492 g/mol. The van der Waals surface area contributed by atoms with Gasteiger partial charge in [-0.1, -0.05) is 47.7 Å². The van der Waals surface area contributed by atoms with Crippen LogP contribution in [0.2, 0.25) is 0 Å². The van der Waals surface area contributed by atoms with Gasteiger partial charge in [0, 0.05) is 29.9 Å². The molecule has 5 rings (SSSR count). The molecule has 4 aromatic rings. The second kappa shape index (κ2) is 9.30. The molecule has 178 valence electrons. The third kappa shape index (κ3) is 4.78. The Bertz CT molecular complexity index is 1460. The highest BCUT2D eigenvalue weighted by Gasteiger charge is 2.29. The van der Waals surface area contributed by atoms with Crippen molar-refractivity contribution < 1.29 is 17.6 Å². The molecular weight excluding hydrogens is 469 g/mol. The highest BCUT2D eigenvalue weighted by molar-refractivity contribution is 7.92. The summed E-state index contributed by atoms with van der Waals surface area (Å²) in [5.74, 6) is -0.988. The molecule has 0 bridgehead atoms. The van der Waals surface area contributed by atoms with Crippen LogP contribution in [0.4, 0.5) is 10.1 Å². The van der Waals surface area contributed by atoms with Crippen LogP contribution >= 0.6 is 0 Å². The molecule has 35 heavy (non-hydrogen) atoms. The van der Waals surface area contributed by atoms with Gasteiger partial charge >= 0.3 is 0 Å². The smallest absolute Gasteiger partial charge is 0.264 e. The molecule has 1 N–H and O–H groups in total. The van der Waals surface area contributed by atoms with Gasteiger partial charge in [-0.15, -0.1) is 5.10 Å². The van der Waals surface area contributed by atoms with Crippen molar-refractivity contribution >= 4 is 21.6 Å². The van der Waals surface area contributed by atoms with Crippen LogP contribution in [0.25, 0.3) is 11.3 Å². The van der Waals surface area contributed by atoms with Crippen molar-refractivity contribution in [1.29, 1.82) is 0 Å². The molecule has 2 heterocycles. The number of anilines is 1. The van der Waals surface area contributed by atoms with Crippen LogP contribution in [0.1, 0.15) is 22.8 Å². The molecule has 1 aliphatic heterocycles. The Balaban J connectivity index is 1.24. The maximum atomic E-state index is 13.9. The van der Waals surface area contributed by atoms with Gasteiger partial charge in [0.15, 0.2) is 0 Å². The van der Waals surface area contributed by atoms with E-state index in [9.17, 15) is 17.6 Å². The van der Waals surface area contributed by atoms with Crippen molar-refractivity contribution in [1.82, 2.24) is 19.9 Å². The van der Waals surface area contributed by atoms with Crippen LogP contribution in [0, 0.1) is 5.82 Å². The molecule has 1 saturated heterocycles. The van der Waals surface area contributed by atoms with Crippen molar-refractivity contribution in [3.8, 4) is 11.3 Å². The van der Waals surface area contributed by atoms with E-state index in [0.717, 1.165) is 23.7 Å². The number of nitrogens with one attached hydrogen (secondary N) is 1. The Morgan fingerprint density at radius 1 is 0.971 bits per heavy atom. The first-order valence-electron chi connectivity index (χ1n) is 11.0. The number of rotatable bonds is 6. The third-order valence-corrected chi connectivity index (χ3v) is 7.33. The molecule has 0 radical (unpaired) electrons. The maximum Gasteiger partial charge on any atom is 0.264 e. The van der Waals surface area contributed by atoms with E-state index >= 15 is 0 Å². The summed E-state index contributed by atoms with van der Waals surface area (Å²) >= 11 is 0. The molecule has 1 amide bonds. The standard InChI is InChI=1S/C25H22FN5O3S/c26-22-8-4-5-9-24(22)35(33,34)28-20-12-10-19(11-13-20)25(32)30-15-14-21(16-30)31-17-23(27-29-31)18-6-2-1-3-7-18/h1-13,17,21,28H,14-16H2. The van der Waals surface area contributed by atoms with Crippen LogP contribution in [0.5, 0.6) is 0 Å². The number of carbonyl (C=O) groups excluding carboxylic acids is 1. The Kier molecular flexibility index (Phi) is 6.04. The summed E-state index contributed by atoms with van der Waals surface area (Å²) in [7, 11) is -4.08. The predicted molar refractivity (Wildman–Crippen MR) is 129 cm³/mol. The number of benzene rings is 3. The monoisotopic (exact) mass is 491 g/mol. The van der Waals surface area contributed by atoms with Gasteiger partial charge in [0.05, 0.1) is 12.2 Å². The van der Waals surface area contributed by atoms with E-state index in [1.165, 1.54) is 30.3 Å². The summed E-state index contributed by atoms with van der Waals surface area (Å²) in [5, 5.41) is 8.51. The molecule has 1 aliphatic rings. The third-order valence-electron chi connectivity index (χ3n) is 5.91. The number of nitrogens with zero attached hydrogens (tertiary/aromatic N) is 4. The summed E-state index contributed by atoms with van der Waals surface area (Å²) in [5.41, 5.74) is 2.43. The van der Waals surface area contributed by atoms with E-state index in [2.05, 4.69) is 15.0 Å². The van der Waals surface area contributed by atoms with Gasteiger partial charge in [-0.05, 0) is 42.8 Å². The van der Waals surface area contributed by atoms with Crippen molar-refractivity contribution in [2.45, 2.75) is 17.4 Å². The van der Waals surface area contributed by atoms with Crippen molar-refractivity contribution in [3.63, 3.8) is 0 Å². The second-order valence-corrected chi connectivity index (χ2v) is 9.91. The first-order chi connectivity index (χ1) is 16.9. The maximum absolute atomic E-state index is 13.9. The molecule has 0 saturated carbocycles. The summed E-state index contributed by atoms with van der Waals surface area (Å²) < 4.78 is 43.0. The SMILES string of the molecule is O=C(c1ccc(NS(=O)(=O)c2ccccc2F)cc1)N1CCC(n2cc(-c3ccccc3)nn2)C1. The lowest BCUT2D eigenvalue weighted by Crippen LogP contribution is -2.29. The Labute approximate surface area is 202 Å². The molecule has 0 spiro atoms. The van der Waals surface area contributed by atoms with Crippen LogP contribution in [0.3, 0.4) is 0 Å². The van der Waals surface area contributed by atoms with Gasteiger partial charge < -0.3 is 4.90 Å². The fraction of sp³-hybridized carbons (Fsp3) is 0.160. The molecule has 0 aliphatic carbocycles. The highest BCUT2D eigenvalue weighted by Crippen LogP contribution is 2.25. The van der Waals surface area contributed by atoms with E-state index in [4.69, 9.17) is 0 Å². The summed E-state index contributed by atoms with van der Waals surface area (Å²) in [6.45, 7) is 1.07. The fourth-order valence-corrected chi connectivity index (χ4v) is 5.21. The number of halogens is 1. The van der Waals surface area contributed by atoms with Gasteiger partial charge in [-0.3, -0.25) is 9.52 Å². The van der Waals surface area contributed by atoms with E-state index in [0.29, 0.717) is 18.7 Å². The normalized spacial score (nSPS) is 15.8. The van der Waals surface area contributed by atoms with Gasteiger partial charge in [0.1, 0.15) is 16.4 Å². The number of likely N-dealkylation sites (tertiary alicyclic amines) is 1. The Hall–Kier alpha value is -4.05. The summed E-state index contributed by atoms with van der Waals surface area (Å²) in [6, 6.07) is 21.0. The number of hydrogen-bond acceptors (Lipinski definition) is 5. The summed E-state index contributed by atoms with van der Waals surface area (Å²) in [4.78, 5) is 14.3. The van der Waals surface area contributed by atoms with E-state index in [1.54, 1.807) is 21.7 Å². The molecule has 10 heteroatoms. The largest absolute Gasteiger partial charge is 0.336 e. The molecule has 1 unspecified atom stereocenters. The van der Waals surface area contributed by atoms with Crippen molar-refractivity contribution in [3.05, 3.63) is 96.4 Å². The Morgan fingerprint density at radius 3 is 2.43 bits per heavy atom. The van der Waals surface area contributed by atoms with Gasteiger partial charge in [0.25, 0.3) is 15.9 Å². The van der Waals surface area contributed by atoms with E-state index in [-0.39, 0.29) is 17.6 Å². The number of hydrogen-bond donors (Lipinski definition) is 1. The van der Waals surface area contributed by atoms with Crippen LogP contribution in [0.15, 0.2) is 90.0 Å². The second-order valence-electron chi connectivity index (χ2n) is 8.26. The lowest BCUT2D eigenvalue weighted by molar-refractivity contribution is 0.0787. The van der Waals surface area contributed by atoms with E-state index < -0.39 is 20.7 Å². The quantitative estimate of drug-likeness (QED) is 0.440. The molecule has 1 fully saturated rings. The minimum Gasteiger partial charge on any atom is -0.336 e. The zero-order valence-electron chi connectivity index (χ0n) is 18.6. The molecule has 3 aromatic carbocycles. The van der Waals surface area contributed by atoms with E-state index in [1.807, 2.05) is 36.5 Å². The molecule has 1 atom stereocenters. The minimum atomic E-state index is -4.08. The molecule has 1 aromatic heterocycles. The fourth-order valence-electron chi connectivity index (χ4n) is 4.07. The lowest BCUT2D eigenvalue weighted by Gasteiger charge is -2.17. The van der Waals surface area contributed by atoms with Crippen molar-refractivity contribution in [2.75, 3.05) is 17.8 Å². The number of aromatic nitrogens is 3. The predicted octanol–water partition coefficient (Wildman–Crippen LogP) is 3.97. The zero-order valence-corrected chi connectivity index (χ0v) is 19.4. The zero-order chi connectivity index (χ0) is 24.4. The number of sulfonamides is 1. The lowest BCUT2D eigenvalue weighted by atomic mass is 10.2. The van der Waals surface area contributed by atoms with Crippen LogP contribution < -0.4 is 4.72 Å². The Morgan fingerprint density at radius 2 is 1.69 bits per heavy atom. The molecule has 8 nitrogen and oxygen atoms in total. The number of carbonyl (C=O) groups is 1. The molecular formula is C25H22FN5O3S. The highest BCUT2D eigenvalue weighted by atomic mass is 32.2. The van der Waals surface area contributed by atoms with Crippen LogP contribution in [-0.2, 0) is 10.0 Å². The average Bonchev–Trinajstić information content (AvgIpc) is 3.55. The first-order valence-corrected chi connectivity index (χ1v) is 12.5. The van der Waals surface area contributed by atoms with Crippen molar-refractivity contribution in [2.24, 2.45) is 0 Å². The minimum absolute atomic E-state index is 0.0239. The van der Waals surface area contributed by atoms with Crippen LogP contribution in [-0.4, -0.2) is 47.3 Å². The summed E-state index contributed by atoms with van der Waals surface area (Å²) in [6.07, 6.45) is 2.65. The topological polar surface area (TPSA) is 97.2 Å². The first kappa shape index (κ1) is 22.7.